The third kappa shape index (κ3) is 3.45. The van der Waals surface area contributed by atoms with Crippen LogP contribution in [-0.4, -0.2) is 10.9 Å². The van der Waals surface area contributed by atoms with Crippen molar-refractivity contribution in [3.63, 3.8) is 0 Å². The number of amides is 1. The molecule has 94 valence electrons. The Bertz CT molecular complexity index is 508. The van der Waals surface area contributed by atoms with E-state index in [2.05, 4.69) is 10.3 Å². The van der Waals surface area contributed by atoms with Gasteiger partial charge >= 0.3 is 0 Å². The topological polar surface area (TPSA) is 44.9 Å². The first kappa shape index (κ1) is 12.4. The van der Waals surface area contributed by atoms with Crippen LogP contribution in [0, 0.1) is 5.82 Å². The van der Waals surface area contributed by atoms with Crippen molar-refractivity contribution in [2.75, 3.05) is 0 Å². The van der Waals surface area contributed by atoms with E-state index in [1.54, 1.807) is 18.2 Å². The smallest absolute Gasteiger partial charge is 0.220 e. The number of carbonyl (C=O) groups excluding carboxylic acids is 1. The van der Waals surface area contributed by atoms with E-state index in [0.29, 0.717) is 18.4 Å². The summed E-state index contributed by atoms with van der Waals surface area (Å²) in [5.41, 5.74) is 1.53. The molecule has 0 unspecified atom stereocenters. The average Bonchev–Trinajstić information content (AvgIpc) is 2.88. The molecule has 0 aliphatic rings. The second-order valence-corrected chi connectivity index (χ2v) is 4.06. The summed E-state index contributed by atoms with van der Waals surface area (Å²) in [4.78, 5) is 14.6. The van der Waals surface area contributed by atoms with Crippen LogP contribution < -0.4 is 5.32 Å². The highest BCUT2D eigenvalue weighted by Gasteiger charge is 2.05. The Morgan fingerprint density at radius 3 is 2.78 bits per heavy atom. The van der Waals surface area contributed by atoms with Crippen LogP contribution in [0.3, 0.4) is 0 Å². The van der Waals surface area contributed by atoms with Crippen molar-refractivity contribution in [3.05, 3.63) is 59.7 Å². The van der Waals surface area contributed by atoms with Crippen molar-refractivity contribution in [2.45, 2.75) is 19.4 Å². The van der Waals surface area contributed by atoms with E-state index in [1.165, 1.54) is 6.07 Å². The maximum Gasteiger partial charge on any atom is 0.220 e. The van der Waals surface area contributed by atoms with Crippen molar-refractivity contribution in [1.29, 1.82) is 0 Å². The van der Waals surface area contributed by atoms with Gasteiger partial charge in [0.25, 0.3) is 0 Å². The predicted octanol–water partition coefficient (Wildman–Crippen LogP) is 2.40. The lowest BCUT2D eigenvalue weighted by Gasteiger charge is -2.05. The minimum atomic E-state index is -0.290. The minimum absolute atomic E-state index is 0.0761. The second kappa shape index (κ2) is 6.00. The number of nitrogens with one attached hydrogen (secondary N) is 2. The fraction of sp³-hybridized carbons (Fsp3) is 0.214. The number of rotatable bonds is 5. The molecule has 1 aromatic carbocycles. The van der Waals surface area contributed by atoms with Crippen molar-refractivity contribution < 1.29 is 9.18 Å². The third-order valence-corrected chi connectivity index (χ3v) is 2.72. The number of benzene rings is 1. The van der Waals surface area contributed by atoms with Gasteiger partial charge in [0.1, 0.15) is 5.82 Å². The Hall–Kier alpha value is -2.10. The first-order valence-electron chi connectivity index (χ1n) is 5.88. The molecule has 3 nitrogen and oxygen atoms in total. The van der Waals surface area contributed by atoms with Crippen molar-refractivity contribution in [1.82, 2.24) is 10.3 Å². The quantitative estimate of drug-likeness (QED) is 0.836. The van der Waals surface area contributed by atoms with Gasteiger partial charge in [-0.1, -0.05) is 18.2 Å². The van der Waals surface area contributed by atoms with Crippen LogP contribution in [0.2, 0.25) is 0 Å². The van der Waals surface area contributed by atoms with E-state index in [9.17, 15) is 9.18 Å². The average molecular weight is 246 g/mol. The fourth-order valence-electron chi connectivity index (χ4n) is 1.70. The summed E-state index contributed by atoms with van der Waals surface area (Å²) in [7, 11) is 0. The van der Waals surface area contributed by atoms with Gasteiger partial charge in [-0.25, -0.2) is 4.39 Å². The van der Waals surface area contributed by atoms with Gasteiger partial charge in [0.15, 0.2) is 0 Å². The van der Waals surface area contributed by atoms with Crippen molar-refractivity contribution in [3.8, 4) is 0 Å². The predicted molar refractivity (Wildman–Crippen MR) is 67.4 cm³/mol. The Morgan fingerprint density at radius 2 is 2.06 bits per heavy atom. The number of aromatic amines is 1. The summed E-state index contributed by atoms with van der Waals surface area (Å²) in [6, 6.07) is 10.3. The molecule has 0 radical (unpaired) electrons. The monoisotopic (exact) mass is 246 g/mol. The number of aromatic nitrogens is 1. The van der Waals surface area contributed by atoms with Crippen molar-refractivity contribution >= 4 is 5.91 Å². The summed E-state index contributed by atoms with van der Waals surface area (Å²) in [6.07, 6.45) is 2.89. The van der Waals surface area contributed by atoms with Gasteiger partial charge in [-0.2, -0.15) is 0 Å². The Balaban J connectivity index is 1.77. The molecule has 18 heavy (non-hydrogen) atoms. The Kier molecular flexibility index (Phi) is 4.12. The number of carbonyl (C=O) groups is 1. The van der Waals surface area contributed by atoms with Gasteiger partial charge in [0, 0.05) is 30.4 Å². The lowest BCUT2D eigenvalue weighted by molar-refractivity contribution is -0.121. The lowest BCUT2D eigenvalue weighted by atomic mass is 10.2. The summed E-state index contributed by atoms with van der Waals surface area (Å²) in [6.45, 7) is 0.232. The molecule has 2 rings (SSSR count). The van der Waals surface area contributed by atoms with E-state index in [1.807, 2.05) is 18.3 Å². The van der Waals surface area contributed by atoms with E-state index in [4.69, 9.17) is 0 Å². The van der Waals surface area contributed by atoms with Crippen LogP contribution >= 0.6 is 0 Å². The van der Waals surface area contributed by atoms with Gasteiger partial charge in [0.2, 0.25) is 5.91 Å². The number of H-pyrrole nitrogens is 1. The maximum absolute atomic E-state index is 13.3. The standard InChI is InChI=1S/C14H15FN2O/c15-13-6-2-1-4-11(13)10-17-14(18)8-7-12-5-3-9-16-12/h1-6,9,16H,7-8,10H2,(H,17,18). The number of hydrogen-bond donors (Lipinski definition) is 2. The van der Waals surface area contributed by atoms with Crippen LogP contribution in [0.5, 0.6) is 0 Å². The molecule has 1 aromatic heterocycles. The second-order valence-electron chi connectivity index (χ2n) is 4.06. The van der Waals surface area contributed by atoms with E-state index in [0.717, 1.165) is 5.69 Å². The first-order valence-corrected chi connectivity index (χ1v) is 5.88. The molecule has 2 aromatic rings. The molecule has 1 heterocycles. The maximum atomic E-state index is 13.3. The number of aryl methyl sites for hydroxylation is 1. The summed E-state index contributed by atoms with van der Waals surface area (Å²) >= 11 is 0. The molecule has 2 N–H and O–H groups in total. The van der Waals surface area contributed by atoms with Crippen LogP contribution in [0.15, 0.2) is 42.6 Å². The van der Waals surface area contributed by atoms with Crippen LogP contribution in [0.25, 0.3) is 0 Å². The zero-order valence-electron chi connectivity index (χ0n) is 9.95. The molecule has 0 bridgehead atoms. The first-order chi connectivity index (χ1) is 8.75. The molecule has 0 saturated heterocycles. The van der Waals surface area contributed by atoms with Crippen molar-refractivity contribution in [2.24, 2.45) is 0 Å². The van der Waals surface area contributed by atoms with Crippen LogP contribution in [-0.2, 0) is 17.8 Å². The fourth-order valence-corrected chi connectivity index (χ4v) is 1.70. The van der Waals surface area contributed by atoms with E-state index >= 15 is 0 Å². The van der Waals surface area contributed by atoms with Gasteiger partial charge in [-0.15, -0.1) is 0 Å². The minimum Gasteiger partial charge on any atom is -0.365 e. The molecular formula is C14H15FN2O. The zero-order valence-corrected chi connectivity index (χ0v) is 9.95. The SMILES string of the molecule is O=C(CCc1ccc[nH]1)NCc1ccccc1F. The van der Waals surface area contributed by atoms with Gasteiger partial charge in [-0.3, -0.25) is 4.79 Å². The van der Waals surface area contributed by atoms with E-state index in [-0.39, 0.29) is 18.3 Å². The zero-order chi connectivity index (χ0) is 12.8. The molecule has 0 spiro atoms. The molecular weight excluding hydrogens is 231 g/mol. The Labute approximate surface area is 105 Å². The normalized spacial score (nSPS) is 10.3. The molecule has 0 aliphatic heterocycles. The summed E-state index contributed by atoms with van der Waals surface area (Å²) in [5.74, 6) is -0.366. The van der Waals surface area contributed by atoms with E-state index < -0.39 is 0 Å². The highest BCUT2D eigenvalue weighted by molar-refractivity contribution is 5.76. The molecule has 1 amide bonds. The highest BCUT2D eigenvalue weighted by Crippen LogP contribution is 2.06. The molecule has 0 aliphatic carbocycles. The molecule has 0 fully saturated rings. The largest absolute Gasteiger partial charge is 0.365 e. The van der Waals surface area contributed by atoms with Gasteiger partial charge in [0.05, 0.1) is 0 Å². The Morgan fingerprint density at radius 1 is 1.22 bits per heavy atom. The molecule has 0 saturated carbocycles. The van der Waals surface area contributed by atoms with Gasteiger partial charge in [-0.05, 0) is 24.6 Å². The number of halogens is 1. The highest BCUT2D eigenvalue weighted by atomic mass is 19.1. The van der Waals surface area contributed by atoms with Crippen LogP contribution in [0.1, 0.15) is 17.7 Å². The summed E-state index contributed by atoms with van der Waals surface area (Å²) < 4.78 is 13.3. The van der Waals surface area contributed by atoms with Gasteiger partial charge < -0.3 is 10.3 Å². The van der Waals surface area contributed by atoms with Crippen LogP contribution in [0.4, 0.5) is 4.39 Å². The number of hydrogen-bond acceptors (Lipinski definition) is 1. The third-order valence-electron chi connectivity index (χ3n) is 2.72. The summed E-state index contributed by atoms with van der Waals surface area (Å²) in [5, 5.41) is 2.71. The molecule has 4 heteroatoms. The lowest BCUT2D eigenvalue weighted by Crippen LogP contribution is -2.23. The molecule has 0 atom stereocenters.